The lowest BCUT2D eigenvalue weighted by molar-refractivity contribution is -0.156. The molecule has 0 saturated carbocycles. The first-order valence-electron chi connectivity index (χ1n) is 8.50. The molecule has 2 saturated heterocycles. The minimum absolute atomic E-state index is 0.130. The normalized spacial score (nSPS) is 24.3. The van der Waals surface area contributed by atoms with E-state index in [2.05, 4.69) is 0 Å². The molecule has 1 aromatic rings. The lowest BCUT2D eigenvalue weighted by Gasteiger charge is -2.31. The molecule has 3 rings (SSSR count). The van der Waals surface area contributed by atoms with Crippen LogP contribution in [0.4, 0.5) is 0 Å². The van der Waals surface area contributed by atoms with Crippen molar-refractivity contribution in [1.82, 2.24) is 4.90 Å². The molecule has 1 N–H and O–H groups in total. The maximum Gasteiger partial charge on any atom is 0.329 e. The van der Waals surface area contributed by atoms with Gasteiger partial charge in [0.15, 0.2) is 6.61 Å². The van der Waals surface area contributed by atoms with Gasteiger partial charge in [0, 0.05) is 6.54 Å². The molecule has 2 heterocycles. The van der Waals surface area contributed by atoms with Gasteiger partial charge in [-0.1, -0.05) is 12.1 Å². The molecule has 25 heavy (non-hydrogen) atoms. The summed E-state index contributed by atoms with van der Waals surface area (Å²) in [5.74, 6) is 1.81. The molecule has 1 unspecified atom stereocenters. The van der Waals surface area contributed by atoms with Crippen LogP contribution in [0.3, 0.4) is 0 Å². The van der Waals surface area contributed by atoms with E-state index in [9.17, 15) is 14.7 Å². The predicted octanol–water partition coefficient (Wildman–Crippen LogP) is 3.40. The van der Waals surface area contributed by atoms with E-state index in [1.165, 1.54) is 28.4 Å². The molecule has 5 nitrogen and oxygen atoms in total. The van der Waals surface area contributed by atoms with Gasteiger partial charge >= 0.3 is 5.97 Å². The topological polar surface area (TPSA) is 66.8 Å². The van der Waals surface area contributed by atoms with Crippen molar-refractivity contribution in [2.24, 2.45) is 0 Å². The van der Waals surface area contributed by atoms with E-state index in [4.69, 9.17) is 4.74 Å². The summed E-state index contributed by atoms with van der Waals surface area (Å²) in [7, 11) is 0. The fraction of sp³-hybridized carbons (Fsp3) is 0.556. The van der Waals surface area contributed by atoms with E-state index in [1.54, 1.807) is 6.92 Å². The van der Waals surface area contributed by atoms with E-state index in [0.717, 1.165) is 0 Å². The molecule has 0 aromatic heterocycles. The van der Waals surface area contributed by atoms with Crippen LogP contribution in [0.15, 0.2) is 24.3 Å². The summed E-state index contributed by atoms with van der Waals surface area (Å²) in [5.41, 5.74) is 0.158. The molecule has 0 spiro atoms. The van der Waals surface area contributed by atoms with Gasteiger partial charge in [-0.05, 0) is 55.4 Å². The number of carbonyl (C=O) groups excluding carboxylic acids is 1. The Bertz CT molecular complexity index is 630. The second-order valence-corrected chi connectivity index (χ2v) is 9.24. The SMILES string of the molecule is CC1(C(=O)O)CCCN1C(=O)COc1ccc(C2SCCCS2)cc1. The molecule has 2 aliphatic rings. The highest BCUT2D eigenvalue weighted by molar-refractivity contribution is 8.16. The van der Waals surface area contributed by atoms with Gasteiger partial charge in [0.25, 0.3) is 5.91 Å². The van der Waals surface area contributed by atoms with Gasteiger partial charge < -0.3 is 14.7 Å². The van der Waals surface area contributed by atoms with Crippen molar-refractivity contribution in [3.8, 4) is 5.75 Å². The number of ether oxygens (including phenoxy) is 1. The summed E-state index contributed by atoms with van der Waals surface area (Å²) in [5, 5.41) is 9.39. The summed E-state index contributed by atoms with van der Waals surface area (Å²) in [6.45, 7) is 1.95. The van der Waals surface area contributed by atoms with Gasteiger partial charge in [-0.15, -0.1) is 23.5 Å². The third-order valence-corrected chi connectivity index (χ3v) is 7.76. The number of nitrogens with zero attached hydrogens (tertiary/aromatic N) is 1. The minimum Gasteiger partial charge on any atom is -0.484 e. The molecule has 136 valence electrons. The van der Waals surface area contributed by atoms with E-state index in [-0.39, 0.29) is 12.5 Å². The number of thioether (sulfide) groups is 2. The van der Waals surface area contributed by atoms with Crippen molar-refractivity contribution in [2.45, 2.75) is 36.3 Å². The molecule has 1 amide bonds. The number of rotatable bonds is 5. The number of likely N-dealkylation sites (tertiary alicyclic amines) is 1. The summed E-state index contributed by atoms with van der Waals surface area (Å²) in [4.78, 5) is 25.3. The highest BCUT2D eigenvalue weighted by Gasteiger charge is 2.45. The number of aliphatic carboxylic acids is 1. The van der Waals surface area contributed by atoms with Gasteiger partial charge in [-0.2, -0.15) is 0 Å². The Morgan fingerprint density at radius 2 is 1.92 bits per heavy atom. The van der Waals surface area contributed by atoms with Gasteiger partial charge in [0.1, 0.15) is 11.3 Å². The van der Waals surface area contributed by atoms with Crippen LogP contribution < -0.4 is 4.74 Å². The number of carboxylic acid groups (broad SMARTS) is 1. The van der Waals surface area contributed by atoms with Crippen LogP contribution in [0.25, 0.3) is 0 Å². The molecular weight excluding hydrogens is 358 g/mol. The Balaban J connectivity index is 1.56. The van der Waals surface area contributed by atoms with Crippen molar-refractivity contribution in [3.05, 3.63) is 29.8 Å². The molecule has 0 radical (unpaired) electrons. The number of hydrogen-bond donors (Lipinski definition) is 1. The van der Waals surface area contributed by atoms with Crippen molar-refractivity contribution in [3.63, 3.8) is 0 Å². The first kappa shape index (κ1) is 18.5. The monoisotopic (exact) mass is 381 g/mol. The second kappa shape index (κ2) is 7.91. The van der Waals surface area contributed by atoms with E-state index in [0.29, 0.717) is 29.7 Å². The second-order valence-electron chi connectivity index (χ2n) is 6.51. The Morgan fingerprint density at radius 3 is 2.56 bits per heavy atom. The highest BCUT2D eigenvalue weighted by Crippen LogP contribution is 2.43. The van der Waals surface area contributed by atoms with Gasteiger partial charge in [-0.25, -0.2) is 4.79 Å². The largest absolute Gasteiger partial charge is 0.484 e. The first-order chi connectivity index (χ1) is 12.0. The summed E-state index contributed by atoms with van der Waals surface area (Å²) in [6.07, 6.45) is 2.46. The highest BCUT2D eigenvalue weighted by atomic mass is 32.2. The summed E-state index contributed by atoms with van der Waals surface area (Å²) in [6, 6.07) is 7.87. The van der Waals surface area contributed by atoms with Crippen LogP contribution in [-0.4, -0.2) is 52.1 Å². The van der Waals surface area contributed by atoms with Crippen molar-refractivity contribution >= 4 is 35.4 Å². The number of hydrogen-bond acceptors (Lipinski definition) is 5. The van der Waals surface area contributed by atoms with E-state index < -0.39 is 11.5 Å². The Labute approximate surface area is 156 Å². The standard InChI is InChI=1S/C18H23NO4S2/c1-18(17(21)22)8-2-9-19(18)15(20)12-23-14-6-4-13(5-7-14)16-24-10-3-11-25-16/h4-7,16H,2-3,8-12H2,1H3,(H,21,22). The molecule has 1 atom stereocenters. The van der Waals surface area contributed by atoms with Crippen LogP contribution in [0.2, 0.25) is 0 Å². The molecule has 7 heteroatoms. The lowest BCUT2D eigenvalue weighted by atomic mass is 9.99. The quantitative estimate of drug-likeness (QED) is 0.843. The van der Waals surface area contributed by atoms with Crippen LogP contribution in [0.1, 0.15) is 36.3 Å². The fourth-order valence-electron chi connectivity index (χ4n) is 3.21. The smallest absolute Gasteiger partial charge is 0.329 e. The van der Waals surface area contributed by atoms with Crippen molar-refractivity contribution in [2.75, 3.05) is 24.7 Å². The maximum absolute atomic E-state index is 12.4. The van der Waals surface area contributed by atoms with Crippen molar-refractivity contribution in [1.29, 1.82) is 0 Å². The zero-order valence-corrected chi connectivity index (χ0v) is 15.9. The van der Waals surface area contributed by atoms with E-state index in [1.807, 2.05) is 47.8 Å². The molecule has 0 aliphatic carbocycles. The minimum atomic E-state index is -1.11. The summed E-state index contributed by atoms with van der Waals surface area (Å²) >= 11 is 3.93. The number of carboxylic acids is 1. The zero-order valence-electron chi connectivity index (χ0n) is 14.3. The maximum atomic E-state index is 12.4. The predicted molar refractivity (Wildman–Crippen MR) is 101 cm³/mol. The molecule has 2 aliphatic heterocycles. The number of amides is 1. The van der Waals surface area contributed by atoms with Crippen LogP contribution in [0.5, 0.6) is 5.75 Å². The lowest BCUT2D eigenvalue weighted by Crippen LogP contribution is -2.52. The summed E-state index contributed by atoms with van der Waals surface area (Å²) < 4.78 is 6.07. The third kappa shape index (κ3) is 4.08. The molecule has 0 bridgehead atoms. The van der Waals surface area contributed by atoms with Crippen LogP contribution >= 0.6 is 23.5 Å². The Hall–Kier alpha value is -1.34. The number of benzene rings is 1. The number of carbonyl (C=O) groups is 2. The molecular formula is C18H23NO4S2. The zero-order chi connectivity index (χ0) is 17.9. The Morgan fingerprint density at radius 1 is 1.24 bits per heavy atom. The van der Waals surface area contributed by atoms with Gasteiger partial charge in [0.2, 0.25) is 0 Å². The first-order valence-corrected chi connectivity index (χ1v) is 10.6. The average Bonchev–Trinajstić information content (AvgIpc) is 3.04. The molecule has 2 fully saturated rings. The van der Waals surface area contributed by atoms with Crippen molar-refractivity contribution < 1.29 is 19.4 Å². The average molecular weight is 382 g/mol. The van der Waals surface area contributed by atoms with Gasteiger partial charge in [0.05, 0.1) is 4.58 Å². The Kier molecular flexibility index (Phi) is 5.84. The third-order valence-electron chi connectivity index (χ3n) is 4.74. The van der Waals surface area contributed by atoms with Crippen LogP contribution in [-0.2, 0) is 9.59 Å². The molecule has 1 aromatic carbocycles. The van der Waals surface area contributed by atoms with Crippen LogP contribution in [0, 0.1) is 0 Å². The fourth-order valence-corrected chi connectivity index (χ4v) is 6.10. The van der Waals surface area contributed by atoms with Gasteiger partial charge in [-0.3, -0.25) is 4.79 Å². The van der Waals surface area contributed by atoms with E-state index >= 15 is 0 Å².